The summed E-state index contributed by atoms with van der Waals surface area (Å²) in [4.78, 5) is 27.8. The number of anilines is 1. The van der Waals surface area contributed by atoms with Crippen LogP contribution in [0.4, 0.5) is 14.5 Å². The summed E-state index contributed by atoms with van der Waals surface area (Å²) in [6.07, 6.45) is 6.75. The van der Waals surface area contributed by atoms with Crippen LogP contribution >= 0.6 is 11.6 Å². The molecule has 2 aromatic carbocycles. The second-order valence-corrected chi connectivity index (χ2v) is 13.1. The highest BCUT2D eigenvalue weighted by Crippen LogP contribution is 2.44. The molecule has 6 rings (SSSR count). The molecule has 0 unspecified atom stereocenters. The predicted molar refractivity (Wildman–Crippen MR) is 186 cm³/mol. The van der Waals surface area contributed by atoms with E-state index in [0.29, 0.717) is 83.2 Å². The van der Waals surface area contributed by atoms with Gasteiger partial charge >= 0.3 is 5.97 Å². The Hall–Kier alpha value is -3.86. The zero-order chi connectivity index (χ0) is 34.3. The van der Waals surface area contributed by atoms with E-state index in [4.69, 9.17) is 25.5 Å². The maximum absolute atomic E-state index is 15.6. The number of fused-ring (bicyclic) bond motifs is 2. The third-order valence-corrected chi connectivity index (χ3v) is 9.60. The Labute approximate surface area is 289 Å². The third-order valence-electron chi connectivity index (χ3n) is 9.33. The molecule has 0 radical (unpaired) electrons. The van der Waals surface area contributed by atoms with Gasteiger partial charge in [0.1, 0.15) is 30.3 Å². The van der Waals surface area contributed by atoms with E-state index in [1.54, 1.807) is 12.1 Å². The number of nitrogens with zero attached hydrogens (tertiary/aromatic N) is 2. The van der Waals surface area contributed by atoms with Crippen LogP contribution < -0.4 is 14.8 Å². The lowest BCUT2D eigenvalue weighted by molar-refractivity contribution is 0.0447. The molecular weight excluding hydrogens is 654 g/mol. The number of Topliss-reactive ketones (excluding diaryl/α,β-unsaturated/α-hetero) is 1. The molecule has 3 heterocycles. The van der Waals surface area contributed by atoms with Crippen LogP contribution in [0, 0.1) is 11.6 Å². The minimum absolute atomic E-state index is 0.0906. The smallest absolute Gasteiger partial charge is 0.336 e. The van der Waals surface area contributed by atoms with Gasteiger partial charge in [0, 0.05) is 66.7 Å². The highest BCUT2D eigenvalue weighted by atomic mass is 35.5. The van der Waals surface area contributed by atoms with Gasteiger partial charge in [0.2, 0.25) is 5.36 Å². The van der Waals surface area contributed by atoms with Crippen molar-refractivity contribution < 1.29 is 37.4 Å². The number of carboxylic acid groups (broad SMARTS) is 1. The quantitative estimate of drug-likeness (QED) is 0.0406. The third kappa shape index (κ3) is 7.97. The molecule has 0 bridgehead atoms. The lowest BCUT2D eigenvalue weighted by Gasteiger charge is -2.33. The largest absolute Gasteiger partial charge is 0.478 e. The fraction of sp³-hybridized carbons (Fsp3) is 0.447. The molecule has 0 amide bonds. The zero-order valence-electron chi connectivity index (χ0n) is 27.6. The fourth-order valence-corrected chi connectivity index (χ4v) is 6.55. The number of ether oxygens (including phenoxy) is 2. The van der Waals surface area contributed by atoms with Crippen LogP contribution in [0.15, 0.2) is 46.9 Å². The van der Waals surface area contributed by atoms with E-state index in [-0.39, 0.29) is 23.3 Å². The molecule has 8 nitrogen and oxygen atoms in total. The topological polar surface area (TPSA) is 92.2 Å². The molecule has 2 saturated heterocycles. The summed E-state index contributed by atoms with van der Waals surface area (Å²) in [5.74, 6) is -1.37. The average Bonchev–Trinajstić information content (AvgIpc) is 3.03. The summed E-state index contributed by atoms with van der Waals surface area (Å²) in [7, 11) is 0. The standard InChI is InChI=1S/C38H41ClF2N2O6/c39-11-3-1-2-4-16-47-18-19-48-17-5-8-34(44)25-9-10-26(38(45)46)27(20-25)37-28-21-30(40)32(42-12-6-13-42)23-35(28)49-36-24-33(43-14-7-15-43)31(41)22-29(36)37/h9-10,20-24H,1-8,11-19H2/p+1. The molecule has 1 aliphatic carbocycles. The molecule has 0 aromatic heterocycles. The highest BCUT2D eigenvalue weighted by molar-refractivity contribution is 6.17. The van der Waals surface area contributed by atoms with Crippen molar-refractivity contribution in [2.75, 3.05) is 63.4 Å². The lowest BCUT2D eigenvalue weighted by atomic mass is 9.88. The van der Waals surface area contributed by atoms with Crippen molar-refractivity contribution in [3.05, 3.63) is 70.6 Å². The van der Waals surface area contributed by atoms with Crippen LogP contribution in [0.5, 0.6) is 0 Å². The Morgan fingerprint density at radius 3 is 2.29 bits per heavy atom. The summed E-state index contributed by atoms with van der Waals surface area (Å²) in [6, 6.07) is 10.3. The fourth-order valence-electron chi connectivity index (χ4n) is 6.36. The Bertz CT molecular complexity index is 1870. The molecule has 49 heavy (non-hydrogen) atoms. The van der Waals surface area contributed by atoms with E-state index in [0.717, 1.165) is 64.7 Å². The van der Waals surface area contributed by atoms with Crippen molar-refractivity contribution in [2.24, 2.45) is 0 Å². The minimum atomic E-state index is -1.22. The van der Waals surface area contributed by atoms with E-state index in [1.165, 1.54) is 30.3 Å². The van der Waals surface area contributed by atoms with Crippen molar-refractivity contribution in [3.8, 4) is 22.5 Å². The van der Waals surface area contributed by atoms with E-state index >= 15 is 8.78 Å². The first-order chi connectivity index (χ1) is 23.9. The number of ketones is 1. The van der Waals surface area contributed by atoms with Crippen LogP contribution in [0.25, 0.3) is 33.4 Å². The van der Waals surface area contributed by atoms with Crippen molar-refractivity contribution in [2.45, 2.75) is 51.4 Å². The van der Waals surface area contributed by atoms with Crippen LogP contribution in [-0.4, -0.2) is 75.3 Å². The van der Waals surface area contributed by atoms with Crippen molar-refractivity contribution >= 4 is 40.0 Å². The van der Waals surface area contributed by atoms with Gasteiger partial charge in [-0.1, -0.05) is 18.9 Å². The Kier molecular flexibility index (Phi) is 11.6. The normalized spacial score (nSPS) is 14.3. The number of alkyl halides is 1. The second kappa shape index (κ2) is 16.2. The van der Waals surface area contributed by atoms with E-state index in [1.807, 2.05) is 9.48 Å². The van der Waals surface area contributed by atoms with Crippen LogP contribution in [0.1, 0.15) is 72.1 Å². The maximum Gasteiger partial charge on any atom is 0.336 e. The van der Waals surface area contributed by atoms with Gasteiger partial charge in [0.25, 0.3) is 0 Å². The average molecular weight is 696 g/mol. The number of rotatable bonds is 17. The monoisotopic (exact) mass is 695 g/mol. The molecule has 1 N–H and O–H groups in total. The molecule has 11 heteroatoms. The Morgan fingerprint density at radius 1 is 0.857 bits per heavy atom. The first kappa shape index (κ1) is 35.0. The number of benzene rings is 3. The number of carbonyl (C=O) groups excluding carboxylic acids is 1. The maximum atomic E-state index is 15.6. The van der Waals surface area contributed by atoms with Gasteiger partial charge in [-0.2, -0.15) is 4.39 Å². The molecule has 2 fully saturated rings. The lowest BCUT2D eigenvalue weighted by Crippen LogP contribution is -2.42. The van der Waals surface area contributed by atoms with Gasteiger partial charge < -0.3 is 23.9 Å². The van der Waals surface area contributed by atoms with Crippen molar-refractivity contribution in [1.29, 1.82) is 0 Å². The number of aromatic carboxylic acids is 1. The summed E-state index contributed by atoms with van der Waals surface area (Å²) < 4.78 is 50.8. The first-order valence-electron chi connectivity index (χ1n) is 17.2. The Morgan fingerprint density at radius 2 is 1.61 bits per heavy atom. The number of carbonyl (C=O) groups is 2. The Balaban J connectivity index is 1.27. The number of carboxylic acids is 1. The van der Waals surface area contributed by atoms with Crippen LogP contribution in [0.3, 0.4) is 0 Å². The number of halogens is 3. The number of hydrogen-bond donors (Lipinski definition) is 1. The van der Waals surface area contributed by atoms with Crippen molar-refractivity contribution in [1.82, 2.24) is 4.58 Å². The van der Waals surface area contributed by atoms with Gasteiger partial charge in [-0.05, 0) is 55.5 Å². The van der Waals surface area contributed by atoms with E-state index in [2.05, 4.69) is 0 Å². The van der Waals surface area contributed by atoms with Crippen molar-refractivity contribution in [3.63, 3.8) is 0 Å². The SMILES string of the molecule is O=C(CCCOCCOCCCCCCCl)c1ccc(C(=O)O)c(-c2c3cc(F)c(=[N+]4CCC4)cc-3oc3cc(N4CCC4)c(F)cc23)c1. The predicted octanol–water partition coefficient (Wildman–Crippen LogP) is 7.36. The molecule has 3 aliphatic heterocycles. The molecule has 0 spiro atoms. The van der Waals surface area contributed by atoms with Crippen LogP contribution in [-0.2, 0) is 9.47 Å². The highest BCUT2D eigenvalue weighted by Gasteiger charge is 2.28. The molecular formula is C38H42ClF2N2O6+. The van der Waals surface area contributed by atoms with Gasteiger partial charge in [-0.3, -0.25) is 4.79 Å². The van der Waals surface area contributed by atoms with E-state index in [9.17, 15) is 14.7 Å². The summed E-state index contributed by atoms with van der Waals surface area (Å²) >= 11 is 5.69. The summed E-state index contributed by atoms with van der Waals surface area (Å²) in [5.41, 5.74) is 1.73. The summed E-state index contributed by atoms with van der Waals surface area (Å²) in [5, 5.41) is 10.9. The van der Waals surface area contributed by atoms with Crippen LogP contribution in [0.2, 0.25) is 0 Å². The minimum Gasteiger partial charge on any atom is -0.478 e. The molecule has 4 aliphatic rings. The van der Waals surface area contributed by atoms with Gasteiger partial charge in [0.05, 0.1) is 37.0 Å². The number of unbranched alkanes of at least 4 members (excludes halogenated alkanes) is 3. The number of hydrogen-bond acceptors (Lipinski definition) is 6. The molecule has 0 atom stereocenters. The van der Waals surface area contributed by atoms with Gasteiger partial charge in [0.15, 0.2) is 11.6 Å². The zero-order valence-corrected chi connectivity index (χ0v) is 28.3. The first-order valence-corrected chi connectivity index (χ1v) is 17.7. The van der Waals surface area contributed by atoms with Gasteiger partial charge in [-0.25, -0.2) is 13.8 Å². The molecule has 0 saturated carbocycles. The van der Waals surface area contributed by atoms with Gasteiger partial charge in [-0.15, -0.1) is 11.6 Å². The second-order valence-electron chi connectivity index (χ2n) is 12.7. The summed E-state index contributed by atoms with van der Waals surface area (Å²) in [6.45, 7) is 4.83. The molecule has 2 aromatic rings. The molecule has 260 valence electrons. The van der Waals surface area contributed by atoms with E-state index < -0.39 is 17.6 Å².